The lowest BCUT2D eigenvalue weighted by atomic mass is 9.98. The van der Waals surface area contributed by atoms with Gasteiger partial charge in [-0.2, -0.15) is 0 Å². The molecular formula is C22H24F3N3O6. The van der Waals surface area contributed by atoms with Gasteiger partial charge in [0.25, 0.3) is 6.43 Å². The number of carbonyl (C=O) groups excluding carboxylic acids is 2. The number of nitrogens with zero attached hydrogens (tertiary/aromatic N) is 2. The van der Waals surface area contributed by atoms with Crippen LogP contribution in [0.5, 0.6) is 0 Å². The summed E-state index contributed by atoms with van der Waals surface area (Å²) in [7, 11) is 2.21. The van der Waals surface area contributed by atoms with Crippen molar-refractivity contribution in [2.24, 2.45) is 0 Å². The highest BCUT2D eigenvalue weighted by Gasteiger charge is 2.39. The third kappa shape index (κ3) is 5.12. The molecule has 1 aromatic carbocycles. The number of hydrogen-bond donors (Lipinski definition) is 1. The van der Waals surface area contributed by atoms with E-state index >= 15 is 0 Å². The van der Waals surface area contributed by atoms with Crippen molar-refractivity contribution in [2.75, 3.05) is 32.8 Å². The molecular weight excluding hydrogens is 459 g/mol. The molecule has 12 heteroatoms. The zero-order valence-corrected chi connectivity index (χ0v) is 18.9. The van der Waals surface area contributed by atoms with Gasteiger partial charge in [-0.15, -0.1) is 0 Å². The fraction of sp³-hybridized carbons (Fsp3) is 0.455. The molecule has 9 nitrogen and oxygen atoms in total. The van der Waals surface area contributed by atoms with Gasteiger partial charge in [0, 0.05) is 5.56 Å². The van der Waals surface area contributed by atoms with E-state index in [1.54, 1.807) is 6.92 Å². The highest BCUT2D eigenvalue weighted by Crippen LogP contribution is 2.37. The minimum Gasteiger partial charge on any atom is -0.468 e. The average molecular weight is 483 g/mol. The number of aryl methyl sites for hydroxylation is 1. The molecule has 1 N–H and O–H groups in total. The molecule has 184 valence electrons. The Balaban J connectivity index is 2.13. The number of carbonyl (C=O) groups is 2. The van der Waals surface area contributed by atoms with Gasteiger partial charge in [-0.25, -0.2) is 23.1 Å². The maximum atomic E-state index is 14.7. The van der Waals surface area contributed by atoms with Crippen LogP contribution in [0.4, 0.5) is 19.0 Å². The van der Waals surface area contributed by atoms with Crippen molar-refractivity contribution in [3.05, 3.63) is 52.2 Å². The molecule has 1 unspecified atom stereocenters. The van der Waals surface area contributed by atoms with Crippen LogP contribution in [0.3, 0.4) is 0 Å². The van der Waals surface area contributed by atoms with Crippen molar-refractivity contribution >= 4 is 17.8 Å². The second kappa shape index (κ2) is 10.8. The van der Waals surface area contributed by atoms with E-state index in [2.05, 4.69) is 15.3 Å². The SMILES string of the molecule is COC(=O)C(C(=O)OC)c1nc(C)nc(NC(C)c2cccc(C(F)F)c2F)c1C1OCCO1. The van der Waals surface area contributed by atoms with Crippen molar-refractivity contribution < 1.29 is 41.7 Å². The number of aromatic nitrogens is 2. The molecule has 0 amide bonds. The Hall–Kier alpha value is -3.25. The predicted molar refractivity (Wildman–Crippen MR) is 112 cm³/mol. The molecule has 34 heavy (non-hydrogen) atoms. The monoisotopic (exact) mass is 483 g/mol. The third-order valence-corrected chi connectivity index (χ3v) is 5.20. The summed E-state index contributed by atoms with van der Waals surface area (Å²) >= 11 is 0. The number of ether oxygens (including phenoxy) is 4. The first-order valence-electron chi connectivity index (χ1n) is 10.3. The number of esters is 2. The second-order valence-corrected chi connectivity index (χ2v) is 7.39. The lowest BCUT2D eigenvalue weighted by Crippen LogP contribution is -2.29. The molecule has 1 saturated heterocycles. The van der Waals surface area contributed by atoms with Gasteiger partial charge in [0.05, 0.1) is 50.3 Å². The zero-order chi connectivity index (χ0) is 25.0. The first kappa shape index (κ1) is 25.4. The van der Waals surface area contributed by atoms with Gasteiger partial charge in [-0.05, 0) is 13.8 Å². The van der Waals surface area contributed by atoms with E-state index in [1.807, 2.05) is 0 Å². The maximum Gasteiger partial charge on any atom is 0.326 e. The highest BCUT2D eigenvalue weighted by atomic mass is 19.3. The number of benzene rings is 1. The van der Waals surface area contributed by atoms with E-state index in [9.17, 15) is 22.8 Å². The quantitative estimate of drug-likeness (QED) is 0.446. The van der Waals surface area contributed by atoms with Crippen LogP contribution in [0.1, 0.15) is 59.8 Å². The van der Waals surface area contributed by atoms with Crippen LogP contribution in [0.25, 0.3) is 0 Å². The van der Waals surface area contributed by atoms with Gasteiger partial charge in [0.1, 0.15) is 17.5 Å². The molecule has 1 aromatic heterocycles. The highest BCUT2D eigenvalue weighted by molar-refractivity contribution is 6.00. The molecule has 1 atom stereocenters. The van der Waals surface area contributed by atoms with Crippen molar-refractivity contribution in [1.29, 1.82) is 0 Å². The largest absolute Gasteiger partial charge is 0.468 e. The predicted octanol–water partition coefficient (Wildman–Crippen LogP) is 3.51. The molecule has 1 aliphatic heterocycles. The first-order chi connectivity index (χ1) is 16.2. The van der Waals surface area contributed by atoms with E-state index < -0.39 is 48.0 Å². The van der Waals surface area contributed by atoms with E-state index in [0.29, 0.717) is 0 Å². The topological polar surface area (TPSA) is 109 Å². The summed E-state index contributed by atoms with van der Waals surface area (Å²) in [5.41, 5.74) is -0.729. The number of hydrogen-bond acceptors (Lipinski definition) is 9. The van der Waals surface area contributed by atoms with Crippen LogP contribution in [0.15, 0.2) is 18.2 Å². The number of halogens is 3. The Labute approximate surface area is 193 Å². The number of rotatable bonds is 8. The van der Waals surface area contributed by atoms with E-state index in [-0.39, 0.29) is 41.7 Å². The molecule has 1 aliphatic rings. The molecule has 2 heterocycles. The van der Waals surface area contributed by atoms with E-state index in [0.717, 1.165) is 20.3 Å². The standard InChI is InChI=1S/C22H24F3N3O6/c1-10(12-6-5-7-13(16(12)23)18(24)25)26-19-14(22-33-8-9-34-22)17(27-11(2)28-19)15(20(29)31-3)21(30)32-4/h5-7,10,15,18,22H,8-9H2,1-4H3,(H,26,27,28). The van der Waals surface area contributed by atoms with Gasteiger partial charge < -0.3 is 24.3 Å². The minimum atomic E-state index is -2.99. The van der Waals surface area contributed by atoms with Gasteiger partial charge in [-0.3, -0.25) is 9.59 Å². The third-order valence-electron chi connectivity index (χ3n) is 5.20. The first-order valence-corrected chi connectivity index (χ1v) is 10.3. The molecule has 0 spiro atoms. The zero-order valence-electron chi connectivity index (χ0n) is 18.9. The molecule has 2 aromatic rings. The smallest absolute Gasteiger partial charge is 0.326 e. The Morgan fingerprint density at radius 2 is 1.68 bits per heavy atom. The molecule has 1 fully saturated rings. The van der Waals surface area contributed by atoms with Crippen molar-refractivity contribution in [1.82, 2.24) is 9.97 Å². The molecule has 0 radical (unpaired) electrons. The van der Waals surface area contributed by atoms with Crippen molar-refractivity contribution in [2.45, 2.75) is 38.5 Å². The van der Waals surface area contributed by atoms with Crippen LogP contribution in [-0.4, -0.2) is 49.3 Å². The maximum absolute atomic E-state index is 14.7. The van der Waals surface area contributed by atoms with Gasteiger partial charge in [0.2, 0.25) is 0 Å². The van der Waals surface area contributed by atoms with Crippen LogP contribution in [0, 0.1) is 12.7 Å². The molecule has 0 saturated carbocycles. The van der Waals surface area contributed by atoms with E-state index in [1.165, 1.54) is 19.1 Å². The fourth-order valence-electron chi connectivity index (χ4n) is 3.60. The summed E-state index contributed by atoms with van der Waals surface area (Å²) in [5, 5.41) is 2.96. The van der Waals surface area contributed by atoms with Crippen LogP contribution < -0.4 is 5.32 Å². The van der Waals surface area contributed by atoms with Crippen molar-refractivity contribution in [3.8, 4) is 0 Å². The molecule has 0 aliphatic carbocycles. The van der Waals surface area contributed by atoms with Crippen LogP contribution >= 0.6 is 0 Å². The summed E-state index contributed by atoms with van der Waals surface area (Å²) in [6.45, 7) is 3.50. The Kier molecular flexibility index (Phi) is 8.05. The Morgan fingerprint density at radius 1 is 1.09 bits per heavy atom. The van der Waals surface area contributed by atoms with Gasteiger partial charge >= 0.3 is 11.9 Å². The van der Waals surface area contributed by atoms with E-state index in [4.69, 9.17) is 18.9 Å². The van der Waals surface area contributed by atoms with Crippen molar-refractivity contribution in [3.63, 3.8) is 0 Å². The van der Waals surface area contributed by atoms with Crippen LogP contribution in [0.2, 0.25) is 0 Å². The van der Waals surface area contributed by atoms with Crippen LogP contribution in [-0.2, 0) is 28.5 Å². The van der Waals surface area contributed by atoms with Gasteiger partial charge in [-0.1, -0.05) is 18.2 Å². The number of alkyl halides is 2. The summed E-state index contributed by atoms with van der Waals surface area (Å²) < 4.78 is 61.8. The number of anilines is 1. The Morgan fingerprint density at radius 3 is 2.24 bits per heavy atom. The summed E-state index contributed by atoms with van der Waals surface area (Å²) in [6, 6.07) is 2.84. The number of methoxy groups -OCH3 is 2. The molecule has 3 rings (SSSR count). The summed E-state index contributed by atoms with van der Waals surface area (Å²) in [5.74, 6) is -4.26. The number of nitrogens with one attached hydrogen (secondary N) is 1. The lowest BCUT2D eigenvalue weighted by Gasteiger charge is -2.24. The summed E-state index contributed by atoms with van der Waals surface area (Å²) in [4.78, 5) is 33.6. The average Bonchev–Trinajstić information content (AvgIpc) is 3.32. The second-order valence-electron chi connectivity index (χ2n) is 7.39. The molecule has 0 bridgehead atoms. The fourth-order valence-corrected chi connectivity index (χ4v) is 3.60. The summed E-state index contributed by atoms with van der Waals surface area (Å²) in [6.07, 6.45) is -4.05. The Bertz CT molecular complexity index is 1050. The van der Waals surface area contributed by atoms with Gasteiger partial charge in [0.15, 0.2) is 12.2 Å². The lowest BCUT2D eigenvalue weighted by molar-refractivity contribution is -0.154. The normalized spacial score (nSPS) is 15.0. The minimum absolute atomic E-state index is 0.0349.